The third-order valence-electron chi connectivity index (χ3n) is 1.64. The largest absolute Gasteiger partial charge is 0.508 e. The maximum Gasteiger partial charge on any atom is 0.165 e. The van der Waals surface area contributed by atoms with Gasteiger partial charge in [-0.25, -0.2) is 10.1 Å². The molecule has 2 N–H and O–H groups in total. The Kier molecular flexibility index (Phi) is 3.24. The van der Waals surface area contributed by atoms with Gasteiger partial charge in [0, 0.05) is 6.07 Å². The lowest BCUT2D eigenvalue weighted by atomic mass is 10.3. The zero-order chi connectivity index (χ0) is 10.6. The highest BCUT2D eigenvalue weighted by Crippen LogP contribution is 2.19. The topological polar surface area (TPSA) is 86.8 Å². The Morgan fingerprint density at radius 3 is 2.71 bits per heavy atom. The van der Waals surface area contributed by atoms with Crippen molar-refractivity contribution in [3.05, 3.63) is 34.4 Å². The van der Waals surface area contributed by atoms with Gasteiger partial charge in [-0.2, -0.15) is 0 Å². The zero-order valence-electron chi connectivity index (χ0n) is 7.33. The van der Waals surface area contributed by atoms with E-state index in [4.69, 9.17) is 10.2 Å². The number of hydrogen-bond donors (Lipinski definition) is 2. The van der Waals surface area contributed by atoms with Gasteiger partial charge >= 0.3 is 0 Å². The molecule has 0 saturated carbocycles. The smallest absolute Gasteiger partial charge is 0.165 e. The normalized spacial score (nSPS) is 9.79. The molecule has 1 rings (SSSR count). The summed E-state index contributed by atoms with van der Waals surface area (Å²) in [5.41, 5.74) is 0.240. The Morgan fingerprint density at radius 2 is 2.21 bits per heavy atom. The molecule has 76 valence electrons. The van der Waals surface area contributed by atoms with Gasteiger partial charge in [0.15, 0.2) is 5.03 Å². The van der Waals surface area contributed by atoms with Crippen LogP contribution in [0.15, 0.2) is 24.3 Å². The predicted octanol–water partition coefficient (Wildman–Crippen LogP) is 0.383. The van der Waals surface area contributed by atoms with Crippen LogP contribution in [0, 0.1) is 10.1 Å². The molecule has 6 heteroatoms. The van der Waals surface area contributed by atoms with Gasteiger partial charge in [0.1, 0.15) is 18.0 Å². The van der Waals surface area contributed by atoms with Crippen LogP contribution in [0.1, 0.15) is 0 Å². The number of hydrazine groups is 1. The summed E-state index contributed by atoms with van der Waals surface area (Å²) in [4.78, 5) is 10.5. The van der Waals surface area contributed by atoms with Crippen molar-refractivity contribution < 1.29 is 15.2 Å². The lowest BCUT2D eigenvalue weighted by Gasteiger charge is -2.12. The van der Waals surface area contributed by atoms with Crippen molar-refractivity contribution in [2.45, 2.75) is 0 Å². The van der Waals surface area contributed by atoms with Crippen molar-refractivity contribution in [3.8, 4) is 5.75 Å². The highest BCUT2D eigenvalue weighted by molar-refractivity contribution is 5.47. The number of aliphatic hydroxyl groups is 1. The van der Waals surface area contributed by atoms with E-state index < -0.39 is 5.03 Å². The molecule has 0 aliphatic rings. The van der Waals surface area contributed by atoms with Crippen LogP contribution in [0.3, 0.4) is 0 Å². The molecule has 0 aliphatic heterocycles. The summed E-state index contributed by atoms with van der Waals surface area (Å²) >= 11 is 0. The molecule has 1 aromatic rings. The Hall–Kier alpha value is -1.82. The summed E-state index contributed by atoms with van der Waals surface area (Å²) in [6.07, 6.45) is 0. The van der Waals surface area contributed by atoms with Gasteiger partial charge in [0.25, 0.3) is 0 Å². The maximum atomic E-state index is 10.5. The molecule has 0 atom stereocenters. The Balaban J connectivity index is 2.93. The molecule has 0 spiro atoms. The van der Waals surface area contributed by atoms with Crippen LogP contribution in [-0.2, 0) is 0 Å². The highest BCUT2D eigenvalue weighted by atomic mass is 16.7. The van der Waals surface area contributed by atoms with E-state index in [1.54, 1.807) is 0 Å². The second kappa shape index (κ2) is 4.43. The van der Waals surface area contributed by atoms with Gasteiger partial charge < -0.3 is 10.2 Å². The minimum Gasteiger partial charge on any atom is -0.508 e. The number of rotatable bonds is 4. The quantitative estimate of drug-likeness (QED) is 0.539. The van der Waals surface area contributed by atoms with E-state index in [-0.39, 0.29) is 24.6 Å². The van der Waals surface area contributed by atoms with E-state index in [0.29, 0.717) is 0 Å². The average molecular weight is 198 g/mol. The number of aromatic hydroxyl groups is 1. The molecule has 0 heterocycles. The first-order valence-corrected chi connectivity index (χ1v) is 3.97. The van der Waals surface area contributed by atoms with E-state index in [1.165, 1.54) is 24.3 Å². The predicted molar refractivity (Wildman–Crippen MR) is 49.5 cm³/mol. The molecule has 0 amide bonds. The number of anilines is 1. The van der Waals surface area contributed by atoms with Crippen molar-refractivity contribution in [1.29, 1.82) is 0 Å². The highest BCUT2D eigenvalue weighted by Gasteiger charge is 2.16. The van der Waals surface area contributed by atoms with Crippen LogP contribution >= 0.6 is 0 Å². The van der Waals surface area contributed by atoms with Crippen molar-refractivity contribution >= 4 is 5.69 Å². The second-order valence-corrected chi connectivity index (χ2v) is 2.60. The first-order valence-electron chi connectivity index (χ1n) is 3.97. The molecular weight excluding hydrogens is 188 g/mol. The third-order valence-corrected chi connectivity index (χ3v) is 1.64. The molecule has 0 aliphatic carbocycles. The van der Waals surface area contributed by atoms with Gasteiger partial charge in [-0.1, -0.05) is 11.1 Å². The fourth-order valence-electron chi connectivity index (χ4n) is 1.05. The van der Waals surface area contributed by atoms with Gasteiger partial charge in [-0.05, 0) is 12.1 Å². The third kappa shape index (κ3) is 2.33. The summed E-state index contributed by atoms with van der Waals surface area (Å²) in [5, 5.41) is 28.4. The minimum atomic E-state index is -0.634. The van der Waals surface area contributed by atoms with Crippen molar-refractivity contribution in [3.63, 3.8) is 0 Å². The number of nitro groups is 1. The molecule has 0 unspecified atom stereocenters. The zero-order valence-corrected chi connectivity index (χ0v) is 7.33. The van der Waals surface area contributed by atoms with Gasteiger partial charge in [-0.15, -0.1) is 0 Å². The number of aliphatic hydroxyl groups excluding tert-OH is 1. The van der Waals surface area contributed by atoms with E-state index in [2.05, 4.69) is 0 Å². The van der Waals surface area contributed by atoms with E-state index in [1.807, 2.05) is 0 Å². The SMILES string of the molecule is O=[N+]([O-])N(CCO)c1cccc(O)c1. The van der Waals surface area contributed by atoms with E-state index in [0.717, 1.165) is 5.01 Å². The molecule has 1 aromatic carbocycles. The lowest BCUT2D eigenvalue weighted by molar-refractivity contribution is -0.495. The first-order chi connectivity index (χ1) is 6.65. The average Bonchev–Trinajstić information content (AvgIpc) is 2.13. The molecule has 0 aromatic heterocycles. The van der Waals surface area contributed by atoms with Crippen LogP contribution in [0.5, 0.6) is 5.75 Å². The molecule has 6 nitrogen and oxygen atoms in total. The number of hydrogen-bond acceptors (Lipinski definition) is 4. The summed E-state index contributed by atoms with van der Waals surface area (Å²) in [5.74, 6) is -0.0488. The molecule has 0 radical (unpaired) electrons. The van der Waals surface area contributed by atoms with Crippen molar-refractivity contribution in [1.82, 2.24) is 0 Å². The summed E-state index contributed by atoms with van der Waals surface area (Å²) < 4.78 is 0. The Bertz CT molecular complexity index is 329. The van der Waals surface area contributed by atoms with Crippen LogP contribution in [0.2, 0.25) is 0 Å². The second-order valence-electron chi connectivity index (χ2n) is 2.60. The van der Waals surface area contributed by atoms with Crippen LogP contribution in [0.25, 0.3) is 0 Å². The molecular formula is C8H10N2O4. The minimum absolute atomic E-state index is 0.0488. The number of phenolic OH excluding ortho intramolecular Hbond substituents is 1. The maximum absolute atomic E-state index is 10.5. The fourth-order valence-corrected chi connectivity index (χ4v) is 1.05. The number of nitrogens with zero attached hydrogens (tertiary/aromatic N) is 2. The van der Waals surface area contributed by atoms with Crippen LogP contribution in [-0.4, -0.2) is 28.4 Å². The fraction of sp³-hybridized carbons (Fsp3) is 0.250. The Morgan fingerprint density at radius 1 is 1.50 bits per heavy atom. The van der Waals surface area contributed by atoms with Gasteiger partial charge in [0.05, 0.1) is 6.61 Å². The molecule has 0 bridgehead atoms. The molecule has 0 fully saturated rings. The number of phenols is 1. The summed E-state index contributed by atoms with van der Waals surface area (Å²) in [6, 6.07) is 5.66. The summed E-state index contributed by atoms with van der Waals surface area (Å²) in [6.45, 7) is -0.437. The van der Waals surface area contributed by atoms with Crippen molar-refractivity contribution in [2.75, 3.05) is 18.2 Å². The Labute approximate surface area is 80.1 Å². The summed E-state index contributed by atoms with van der Waals surface area (Å²) in [7, 11) is 0. The van der Waals surface area contributed by atoms with Crippen LogP contribution < -0.4 is 5.01 Å². The number of benzene rings is 1. The molecule has 14 heavy (non-hydrogen) atoms. The van der Waals surface area contributed by atoms with Crippen molar-refractivity contribution in [2.24, 2.45) is 0 Å². The lowest BCUT2D eigenvalue weighted by Crippen LogP contribution is -2.32. The van der Waals surface area contributed by atoms with Gasteiger partial charge in [-0.3, -0.25) is 0 Å². The molecule has 0 saturated heterocycles. The standard InChI is InChI=1S/C8H10N2O4/c11-5-4-9(10(13)14)7-2-1-3-8(12)6-7/h1-3,6,11-12H,4-5H2. The van der Waals surface area contributed by atoms with Gasteiger partial charge in [0.2, 0.25) is 0 Å². The monoisotopic (exact) mass is 198 g/mol. The van der Waals surface area contributed by atoms with E-state index >= 15 is 0 Å². The van der Waals surface area contributed by atoms with Crippen LogP contribution in [0.4, 0.5) is 5.69 Å². The first kappa shape index (κ1) is 10.3. The van der Waals surface area contributed by atoms with E-state index in [9.17, 15) is 10.1 Å².